The molecule has 0 bridgehead atoms. The van der Waals surface area contributed by atoms with Gasteiger partial charge in [0.1, 0.15) is 0 Å². The van der Waals surface area contributed by atoms with Crippen molar-refractivity contribution in [1.29, 1.82) is 0 Å². The summed E-state index contributed by atoms with van der Waals surface area (Å²) in [7, 11) is 0. The molecule has 4 nitrogen and oxygen atoms in total. The van der Waals surface area contributed by atoms with E-state index in [2.05, 4.69) is 17.0 Å². The van der Waals surface area contributed by atoms with Crippen LogP contribution < -0.4 is 4.90 Å². The van der Waals surface area contributed by atoms with Crippen LogP contribution in [-0.4, -0.2) is 29.9 Å². The zero-order valence-electron chi connectivity index (χ0n) is 11.1. The maximum atomic E-state index is 10.7. The summed E-state index contributed by atoms with van der Waals surface area (Å²) < 4.78 is 0. The van der Waals surface area contributed by atoms with Gasteiger partial charge in [-0.25, -0.2) is 0 Å². The molecule has 1 atom stereocenters. The Morgan fingerprint density at radius 2 is 2.32 bits per heavy atom. The van der Waals surface area contributed by atoms with Crippen molar-refractivity contribution in [3.63, 3.8) is 0 Å². The van der Waals surface area contributed by atoms with Crippen LogP contribution in [0.1, 0.15) is 24.5 Å². The van der Waals surface area contributed by atoms with Crippen LogP contribution in [0.4, 0.5) is 5.69 Å². The molecule has 5 heteroatoms. The fourth-order valence-corrected chi connectivity index (χ4v) is 2.67. The molecular weight excluding hydrogens is 264 g/mol. The Kier molecular flexibility index (Phi) is 4.64. The monoisotopic (exact) mass is 282 g/mol. The average molecular weight is 283 g/mol. The van der Waals surface area contributed by atoms with Crippen molar-refractivity contribution < 1.29 is 4.92 Å². The molecule has 1 aromatic carbocycles. The molecule has 0 fully saturated rings. The third-order valence-electron chi connectivity index (χ3n) is 3.59. The van der Waals surface area contributed by atoms with Gasteiger partial charge in [-0.1, -0.05) is 12.1 Å². The number of anilines is 1. The Balaban J connectivity index is 2.07. The number of alkyl halides is 1. The lowest BCUT2D eigenvalue weighted by Crippen LogP contribution is -2.21. The highest BCUT2D eigenvalue weighted by atomic mass is 35.5. The average Bonchev–Trinajstić information content (AvgIpc) is 2.78. The van der Waals surface area contributed by atoms with Gasteiger partial charge in [0.25, 0.3) is 0 Å². The van der Waals surface area contributed by atoms with Crippen molar-refractivity contribution >= 4 is 17.3 Å². The van der Waals surface area contributed by atoms with E-state index in [4.69, 9.17) is 11.6 Å². The summed E-state index contributed by atoms with van der Waals surface area (Å²) in [6, 6.07) is 5.71. The minimum Gasteiger partial charge on any atom is -0.371 e. The lowest BCUT2D eigenvalue weighted by Gasteiger charge is -2.18. The molecule has 1 aliphatic heterocycles. The predicted molar refractivity (Wildman–Crippen MR) is 77.9 cm³/mol. The molecule has 1 aromatic rings. The molecule has 1 unspecified atom stereocenters. The molecule has 0 N–H and O–H groups in total. The number of halogens is 1. The van der Waals surface area contributed by atoms with Crippen LogP contribution in [0, 0.1) is 10.1 Å². The summed E-state index contributed by atoms with van der Waals surface area (Å²) in [5.74, 6) is 0.685. The van der Waals surface area contributed by atoms with E-state index in [-0.39, 0.29) is 4.92 Å². The Hall–Kier alpha value is -1.29. The number of rotatable bonds is 6. The van der Waals surface area contributed by atoms with E-state index in [9.17, 15) is 10.1 Å². The van der Waals surface area contributed by atoms with Gasteiger partial charge in [-0.3, -0.25) is 10.1 Å². The topological polar surface area (TPSA) is 46.4 Å². The third kappa shape index (κ3) is 3.38. The molecule has 19 heavy (non-hydrogen) atoms. The van der Waals surface area contributed by atoms with Crippen LogP contribution in [0.2, 0.25) is 0 Å². The second-order valence-electron chi connectivity index (χ2n) is 5.08. The van der Waals surface area contributed by atoms with Crippen molar-refractivity contribution in [2.24, 2.45) is 0 Å². The van der Waals surface area contributed by atoms with Gasteiger partial charge in [-0.15, -0.1) is 11.6 Å². The minimum absolute atomic E-state index is 0.222. The molecule has 0 spiro atoms. The van der Waals surface area contributed by atoms with Crippen molar-refractivity contribution in [3.05, 3.63) is 39.4 Å². The second-order valence-corrected chi connectivity index (χ2v) is 5.46. The Morgan fingerprint density at radius 1 is 1.53 bits per heavy atom. The zero-order valence-corrected chi connectivity index (χ0v) is 11.9. The second kappa shape index (κ2) is 6.24. The highest BCUT2D eigenvalue weighted by molar-refractivity contribution is 6.17. The molecule has 104 valence electrons. The van der Waals surface area contributed by atoms with Crippen LogP contribution in [0.25, 0.3) is 0 Å². The van der Waals surface area contributed by atoms with Gasteiger partial charge in [0.15, 0.2) is 0 Å². The normalized spacial score (nSPS) is 15.4. The number of nitrogens with zero attached hydrogens (tertiary/aromatic N) is 2. The van der Waals surface area contributed by atoms with E-state index < -0.39 is 6.04 Å². The Bertz CT molecular complexity index is 465. The van der Waals surface area contributed by atoms with Crippen molar-refractivity contribution in [3.8, 4) is 0 Å². The molecule has 1 heterocycles. The first-order chi connectivity index (χ1) is 9.11. The highest BCUT2D eigenvalue weighted by Gasteiger charge is 2.20. The summed E-state index contributed by atoms with van der Waals surface area (Å²) in [4.78, 5) is 12.8. The zero-order chi connectivity index (χ0) is 13.8. The van der Waals surface area contributed by atoms with E-state index in [1.54, 1.807) is 6.92 Å². The first-order valence-corrected chi connectivity index (χ1v) is 7.21. The smallest absolute Gasteiger partial charge is 0.214 e. The molecule has 2 rings (SSSR count). The highest BCUT2D eigenvalue weighted by Crippen LogP contribution is 2.29. The lowest BCUT2D eigenvalue weighted by atomic mass is 10.0. The SMILES string of the molecule is CC(Cc1ccc2c(c1)CCN2CCCCl)[N+](=O)[O-]. The fourth-order valence-electron chi connectivity index (χ4n) is 2.55. The standard InChI is InChI=1S/C14H19ClN2O2/c1-11(17(18)19)9-12-3-4-14-13(10-12)5-8-16(14)7-2-6-15/h3-4,10-11H,2,5-9H2,1H3. The van der Waals surface area contributed by atoms with Crippen molar-refractivity contribution in [2.45, 2.75) is 32.2 Å². The van der Waals surface area contributed by atoms with E-state index in [0.717, 1.165) is 31.5 Å². The first kappa shape index (κ1) is 14.1. The van der Waals surface area contributed by atoms with Crippen LogP contribution in [-0.2, 0) is 12.8 Å². The molecule has 0 amide bonds. The summed E-state index contributed by atoms with van der Waals surface area (Å²) in [6.45, 7) is 3.67. The first-order valence-electron chi connectivity index (χ1n) is 6.68. The van der Waals surface area contributed by atoms with Crippen LogP contribution in [0.3, 0.4) is 0 Å². The predicted octanol–water partition coefficient (Wildman–Crippen LogP) is 2.89. The molecule has 1 aliphatic rings. The fraction of sp³-hybridized carbons (Fsp3) is 0.571. The minimum atomic E-state index is -0.521. The summed E-state index contributed by atoms with van der Waals surface area (Å²) in [5.41, 5.74) is 3.63. The Labute approximate surface area is 118 Å². The van der Waals surface area contributed by atoms with Gasteiger partial charge >= 0.3 is 0 Å². The van der Waals surface area contributed by atoms with Crippen LogP contribution >= 0.6 is 11.6 Å². The van der Waals surface area contributed by atoms with Gasteiger partial charge in [0, 0.05) is 42.9 Å². The van der Waals surface area contributed by atoms with Gasteiger partial charge in [-0.05, 0) is 30.0 Å². The maximum absolute atomic E-state index is 10.7. The number of fused-ring (bicyclic) bond motifs is 1. The number of benzene rings is 1. The van der Waals surface area contributed by atoms with Gasteiger partial charge in [0.05, 0.1) is 0 Å². The Morgan fingerprint density at radius 3 is 3.00 bits per heavy atom. The lowest BCUT2D eigenvalue weighted by molar-refractivity contribution is -0.517. The van der Waals surface area contributed by atoms with Gasteiger partial charge < -0.3 is 4.90 Å². The van der Waals surface area contributed by atoms with Crippen molar-refractivity contribution in [1.82, 2.24) is 0 Å². The molecule has 0 saturated carbocycles. The molecule has 0 radical (unpaired) electrons. The summed E-state index contributed by atoms with van der Waals surface area (Å²) in [5, 5.41) is 10.7. The number of nitro groups is 1. The van der Waals surface area contributed by atoms with Gasteiger partial charge in [-0.2, -0.15) is 0 Å². The molecule has 0 saturated heterocycles. The van der Waals surface area contributed by atoms with Crippen LogP contribution in [0.15, 0.2) is 18.2 Å². The quantitative estimate of drug-likeness (QED) is 0.458. The molecule has 0 aliphatic carbocycles. The summed E-state index contributed by atoms with van der Waals surface area (Å²) >= 11 is 5.73. The van der Waals surface area contributed by atoms with E-state index in [0.29, 0.717) is 12.3 Å². The van der Waals surface area contributed by atoms with E-state index >= 15 is 0 Å². The number of hydrogen-bond donors (Lipinski definition) is 0. The summed E-state index contributed by atoms with van der Waals surface area (Å²) in [6.07, 6.45) is 2.52. The molecular formula is C14H19ClN2O2. The van der Waals surface area contributed by atoms with Gasteiger partial charge in [0.2, 0.25) is 6.04 Å². The van der Waals surface area contributed by atoms with E-state index in [1.807, 2.05) is 6.07 Å². The molecule has 0 aromatic heterocycles. The van der Waals surface area contributed by atoms with Crippen molar-refractivity contribution in [2.75, 3.05) is 23.9 Å². The van der Waals surface area contributed by atoms with Crippen LogP contribution in [0.5, 0.6) is 0 Å². The largest absolute Gasteiger partial charge is 0.371 e. The third-order valence-corrected chi connectivity index (χ3v) is 3.86. The number of hydrogen-bond acceptors (Lipinski definition) is 3. The van der Waals surface area contributed by atoms with E-state index in [1.165, 1.54) is 11.3 Å². The maximum Gasteiger partial charge on any atom is 0.214 e.